The van der Waals surface area contributed by atoms with Gasteiger partial charge in [-0.05, 0) is 30.0 Å². The molecule has 0 spiro atoms. The van der Waals surface area contributed by atoms with Crippen molar-refractivity contribution in [2.45, 2.75) is 38.6 Å². The first kappa shape index (κ1) is 16.6. The topological polar surface area (TPSA) is 115 Å². The Balaban J connectivity index is 3.07. The lowest BCUT2D eigenvalue weighted by atomic mass is 9.87. The molecule has 5 N–H and O–H groups in total. The zero-order chi connectivity index (χ0) is 15.7. The summed E-state index contributed by atoms with van der Waals surface area (Å²) >= 11 is 0. The maximum atomic E-state index is 12.1. The van der Waals surface area contributed by atoms with Gasteiger partial charge < -0.3 is 11.1 Å². The Morgan fingerprint density at radius 1 is 1.30 bits per heavy atom. The van der Waals surface area contributed by atoms with Crippen molar-refractivity contribution in [3.63, 3.8) is 0 Å². The summed E-state index contributed by atoms with van der Waals surface area (Å²) in [5.41, 5.74) is 6.59. The van der Waals surface area contributed by atoms with E-state index in [0.717, 1.165) is 5.56 Å². The number of aryl methyl sites for hydroxylation is 1. The van der Waals surface area contributed by atoms with Crippen LogP contribution < -0.4 is 16.2 Å². The first-order chi connectivity index (χ1) is 8.93. The van der Waals surface area contributed by atoms with Crippen molar-refractivity contribution in [1.29, 1.82) is 0 Å². The molecule has 1 atom stereocenters. The van der Waals surface area contributed by atoms with Crippen LogP contribution in [0.15, 0.2) is 23.1 Å². The van der Waals surface area contributed by atoms with Crippen LogP contribution in [0.5, 0.6) is 0 Å². The molecule has 1 aromatic carbocycles. The average Bonchev–Trinajstić information content (AvgIpc) is 2.28. The van der Waals surface area contributed by atoms with Crippen LogP contribution in [-0.2, 0) is 14.8 Å². The third-order valence-corrected chi connectivity index (χ3v) is 3.92. The molecule has 0 saturated heterocycles. The van der Waals surface area contributed by atoms with Crippen LogP contribution in [0.25, 0.3) is 0 Å². The lowest BCUT2D eigenvalue weighted by Crippen LogP contribution is -2.45. The third-order valence-electron chi connectivity index (χ3n) is 3.01. The second-order valence-electron chi connectivity index (χ2n) is 5.85. The summed E-state index contributed by atoms with van der Waals surface area (Å²) in [7, 11) is -3.81. The lowest BCUT2D eigenvalue weighted by Gasteiger charge is -2.26. The van der Waals surface area contributed by atoms with Gasteiger partial charge in [-0.25, -0.2) is 13.6 Å². The van der Waals surface area contributed by atoms with Gasteiger partial charge in [0.15, 0.2) is 0 Å². The highest BCUT2D eigenvalue weighted by atomic mass is 32.2. The Kier molecular flexibility index (Phi) is 4.58. The summed E-state index contributed by atoms with van der Waals surface area (Å²) in [6, 6.07) is 3.60. The van der Waals surface area contributed by atoms with Gasteiger partial charge in [0.2, 0.25) is 15.9 Å². The predicted octanol–water partition coefficient (Wildman–Crippen LogP) is 0.954. The molecule has 0 bridgehead atoms. The summed E-state index contributed by atoms with van der Waals surface area (Å²) < 4.78 is 22.6. The van der Waals surface area contributed by atoms with E-state index in [9.17, 15) is 13.2 Å². The summed E-state index contributed by atoms with van der Waals surface area (Å²) in [5.74, 6) is -0.368. The van der Waals surface area contributed by atoms with Gasteiger partial charge >= 0.3 is 0 Å². The maximum absolute atomic E-state index is 12.1. The second-order valence-corrected chi connectivity index (χ2v) is 7.42. The van der Waals surface area contributed by atoms with Crippen LogP contribution in [0, 0.1) is 12.3 Å². The number of sulfonamides is 1. The monoisotopic (exact) mass is 299 g/mol. The number of hydrogen-bond donors (Lipinski definition) is 3. The fourth-order valence-electron chi connectivity index (χ4n) is 1.52. The van der Waals surface area contributed by atoms with Crippen molar-refractivity contribution in [1.82, 2.24) is 0 Å². The van der Waals surface area contributed by atoms with Gasteiger partial charge in [-0.15, -0.1) is 0 Å². The van der Waals surface area contributed by atoms with Crippen LogP contribution in [-0.4, -0.2) is 20.4 Å². The number of carbonyl (C=O) groups is 1. The molecular formula is C13H21N3O3S. The van der Waals surface area contributed by atoms with Gasteiger partial charge in [0.05, 0.1) is 10.9 Å². The van der Waals surface area contributed by atoms with Gasteiger partial charge in [-0.3, -0.25) is 4.79 Å². The van der Waals surface area contributed by atoms with E-state index < -0.39 is 21.5 Å². The van der Waals surface area contributed by atoms with Crippen molar-refractivity contribution in [3.05, 3.63) is 23.8 Å². The summed E-state index contributed by atoms with van der Waals surface area (Å²) in [4.78, 5) is 12.0. The van der Waals surface area contributed by atoms with E-state index in [1.54, 1.807) is 13.0 Å². The van der Waals surface area contributed by atoms with Crippen molar-refractivity contribution in [2.24, 2.45) is 16.3 Å². The molecule has 6 nitrogen and oxygen atoms in total. The Morgan fingerprint density at radius 2 is 1.85 bits per heavy atom. The SMILES string of the molecule is Cc1ccc(S(N)(=O)=O)cc1NC(=O)C(N)C(C)(C)C. The maximum Gasteiger partial charge on any atom is 0.241 e. The van der Waals surface area contributed by atoms with E-state index in [1.807, 2.05) is 20.8 Å². The van der Waals surface area contributed by atoms with Crippen LogP contribution in [0.1, 0.15) is 26.3 Å². The third kappa shape index (κ3) is 4.03. The molecule has 0 aromatic heterocycles. The predicted molar refractivity (Wildman–Crippen MR) is 78.6 cm³/mol. The van der Waals surface area contributed by atoms with E-state index in [4.69, 9.17) is 10.9 Å². The molecule has 1 amide bonds. The first-order valence-electron chi connectivity index (χ1n) is 6.13. The second kappa shape index (κ2) is 5.51. The van der Waals surface area contributed by atoms with Crippen LogP contribution in [0.4, 0.5) is 5.69 Å². The van der Waals surface area contributed by atoms with Gasteiger partial charge in [0.25, 0.3) is 0 Å². The number of benzene rings is 1. The molecule has 0 fully saturated rings. The van der Waals surface area contributed by atoms with Crippen molar-refractivity contribution in [2.75, 3.05) is 5.32 Å². The van der Waals surface area contributed by atoms with E-state index >= 15 is 0 Å². The standard InChI is InChI=1S/C13H21N3O3S/c1-8-5-6-9(20(15,18)19)7-10(8)16-12(17)11(14)13(2,3)4/h5-7,11H,14H2,1-4H3,(H,16,17)(H2,15,18,19). The highest BCUT2D eigenvalue weighted by Gasteiger charge is 2.27. The highest BCUT2D eigenvalue weighted by Crippen LogP contribution is 2.22. The van der Waals surface area contributed by atoms with Crippen LogP contribution in [0.2, 0.25) is 0 Å². The number of nitrogens with one attached hydrogen (secondary N) is 1. The molecule has 1 aromatic rings. The van der Waals surface area contributed by atoms with Crippen molar-refractivity contribution >= 4 is 21.6 Å². The lowest BCUT2D eigenvalue weighted by molar-refractivity contribution is -0.119. The summed E-state index contributed by atoms with van der Waals surface area (Å²) in [5, 5.41) is 7.72. The Morgan fingerprint density at radius 3 is 2.30 bits per heavy atom. The number of nitrogens with two attached hydrogens (primary N) is 2. The largest absolute Gasteiger partial charge is 0.324 e. The number of rotatable bonds is 3. The molecule has 1 rings (SSSR count). The van der Waals surface area contributed by atoms with E-state index in [0.29, 0.717) is 5.69 Å². The minimum absolute atomic E-state index is 0.0530. The molecule has 0 aliphatic heterocycles. The number of anilines is 1. The smallest absolute Gasteiger partial charge is 0.241 e. The van der Waals surface area contributed by atoms with Crippen LogP contribution in [0.3, 0.4) is 0 Å². The molecule has 0 saturated carbocycles. The number of primary sulfonamides is 1. The zero-order valence-corrected chi connectivity index (χ0v) is 12.9. The minimum atomic E-state index is -3.81. The normalized spacial score (nSPS) is 13.9. The quantitative estimate of drug-likeness (QED) is 0.770. The van der Waals surface area contributed by atoms with E-state index in [-0.39, 0.29) is 10.8 Å². The highest BCUT2D eigenvalue weighted by molar-refractivity contribution is 7.89. The molecular weight excluding hydrogens is 278 g/mol. The fraction of sp³-hybridized carbons (Fsp3) is 0.462. The van der Waals surface area contributed by atoms with Crippen LogP contribution >= 0.6 is 0 Å². The fourth-order valence-corrected chi connectivity index (χ4v) is 2.06. The Labute approximate surface area is 119 Å². The van der Waals surface area contributed by atoms with Gasteiger partial charge in [0.1, 0.15) is 0 Å². The number of carbonyl (C=O) groups excluding carboxylic acids is 1. The Bertz CT molecular complexity index is 618. The van der Waals surface area contributed by atoms with Gasteiger partial charge in [-0.1, -0.05) is 26.8 Å². The Hall–Kier alpha value is -1.44. The molecule has 0 aliphatic rings. The van der Waals surface area contributed by atoms with Crippen molar-refractivity contribution in [3.8, 4) is 0 Å². The molecule has 0 aliphatic carbocycles. The molecule has 0 radical (unpaired) electrons. The minimum Gasteiger partial charge on any atom is -0.324 e. The first-order valence-corrected chi connectivity index (χ1v) is 7.67. The van der Waals surface area contributed by atoms with E-state index in [1.165, 1.54) is 12.1 Å². The number of hydrogen-bond acceptors (Lipinski definition) is 4. The number of amides is 1. The van der Waals surface area contributed by atoms with Crippen molar-refractivity contribution < 1.29 is 13.2 Å². The van der Waals surface area contributed by atoms with E-state index in [2.05, 4.69) is 5.32 Å². The molecule has 7 heteroatoms. The summed E-state index contributed by atoms with van der Waals surface area (Å²) in [6.07, 6.45) is 0. The molecule has 20 heavy (non-hydrogen) atoms. The molecule has 1 unspecified atom stereocenters. The van der Waals surface area contributed by atoms with Gasteiger partial charge in [0, 0.05) is 5.69 Å². The molecule has 112 valence electrons. The average molecular weight is 299 g/mol. The zero-order valence-electron chi connectivity index (χ0n) is 12.1. The molecule has 0 heterocycles. The summed E-state index contributed by atoms with van der Waals surface area (Å²) in [6.45, 7) is 7.31. The van der Waals surface area contributed by atoms with Gasteiger partial charge in [-0.2, -0.15) is 0 Å².